The third kappa shape index (κ3) is 2.93. The van der Waals surface area contributed by atoms with E-state index in [2.05, 4.69) is 20.9 Å². The lowest BCUT2D eigenvalue weighted by atomic mass is 10.2. The van der Waals surface area contributed by atoms with Crippen molar-refractivity contribution < 1.29 is 14.2 Å². The first-order chi connectivity index (χ1) is 9.33. The molecule has 1 atom stereocenters. The first-order valence-electron chi connectivity index (χ1n) is 6.86. The molecule has 2 fully saturated rings. The van der Waals surface area contributed by atoms with Gasteiger partial charge in [-0.1, -0.05) is 18.0 Å². The third-order valence-corrected chi connectivity index (χ3v) is 3.62. The van der Waals surface area contributed by atoms with E-state index in [9.17, 15) is 4.79 Å². The number of hydroxylamine groups is 1. The van der Waals surface area contributed by atoms with E-state index in [0.29, 0.717) is 5.89 Å². The van der Waals surface area contributed by atoms with Crippen molar-refractivity contribution in [3.63, 3.8) is 0 Å². The molecule has 19 heavy (non-hydrogen) atoms. The number of rotatable bonds is 4. The lowest BCUT2D eigenvalue weighted by molar-refractivity contribution is -0.0132. The van der Waals surface area contributed by atoms with Crippen molar-refractivity contribution in [2.75, 3.05) is 6.54 Å². The van der Waals surface area contributed by atoms with Crippen LogP contribution in [0.4, 0.5) is 0 Å². The minimum atomic E-state index is -0.445. The van der Waals surface area contributed by atoms with E-state index in [-0.39, 0.29) is 18.0 Å². The normalized spacial score (nSPS) is 23.9. The zero-order valence-electron chi connectivity index (χ0n) is 10.7. The minimum absolute atomic E-state index is 0.0293. The number of aromatic nitrogens is 2. The van der Waals surface area contributed by atoms with Crippen LogP contribution in [0, 0.1) is 0 Å². The van der Waals surface area contributed by atoms with Crippen LogP contribution in [0.25, 0.3) is 0 Å². The fourth-order valence-electron chi connectivity index (χ4n) is 2.55. The Kier molecular flexibility index (Phi) is 3.74. The Balaban J connectivity index is 1.54. The average molecular weight is 266 g/mol. The Morgan fingerprint density at radius 2 is 2.16 bits per heavy atom. The number of carbonyl (C=O) groups is 1. The van der Waals surface area contributed by atoms with Crippen molar-refractivity contribution in [2.45, 2.75) is 50.7 Å². The highest BCUT2D eigenvalue weighted by atomic mass is 16.7. The molecule has 1 saturated heterocycles. The molecular formula is C12H18N4O3. The highest BCUT2D eigenvalue weighted by Crippen LogP contribution is 2.21. The number of hydrogen-bond acceptors (Lipinski definition) is 6. The summed E-state index contributed by atoms with van der Waals surface area (Å²) in [5.41, 5.74) is 2.40. The number of nitrogens with zero attached hydrogens (tertiary/aromatic N) is 2. The second kappa shape index (κ2) is 5.66. The summed E-state index contributed by atoms with van der Waals surface area (Å²) in [5, 5.41) is 6.93. The number of carbonyl (C=O) groups excluding carboxylic acids is 1. The van der Waals surface area contributed by atoms with Gasteiger partial charge in [-0.2, -0.15) is 4.98 Å². The molecule has 2 heterocycles. The molecular weight excluding hydrogens is 248 g/mol. The second-order valence-electron chi connectivity index (χ2n) is 5.06. The quantitative estimate of drug-likeness (QED) is 0.793. The van der Waals surface area contributed by atoms with Gasteiger partial charge in [-0.3, -0.25) is 9.63 Å². The molecule has 1 aromatic heterocycles. The predicted octanol–water partition coefficient (Wildman–Crippen LogP) is 1.10. The Morgan fingerprint density at radius 3 is 2.89 bits per heavy atom. The highest BCUT2D eigenvalue weighted by molar-refractivity contribution is 5.89. The molecule has 1 aliphatic heterocycles. The van der Waals surface area contributed by atoms with Gasteiger partial charge in [0, 0.05) is 0 Å². The highest BCUT2D eigenvalue weighted by Gasteiger charge is 2.25. The maximum Gasteiger partial charge on any atom is 0.316 e. The largest absolute Gasteiger partial charge is 0.337 e. The van der Waals surface area contributed by atoms with Gasteiger partial charge in [-0.25, -0.2) is 5.48 Å². The van der Waals surface area contributed by atoms with E-state index >= 15 is 0 Å². The van der Waals surface area contributed by atoms with Gasteiger partial charge >= 0.3 is 5.91 Å². The van der Waals surface area contributed by atoms with Crippen LogP contribution in [0.1, 0.15) is 61.1 Å². The maximum absolute atomic E-state index is 11.8. The number of hydrogen-bond donors (Lipinski definition) is 2. The summed E-state index contributed by atoms with van der Waals surface area (Å²) in [6, 6.07) is 0.0739. The van der Waals surface area contributed by atoms with E-state index in [0.717, 1.165) is 45.1 Å². The van der Waals surface area contributed by atoms with Gasteiger partial charge in [-0.05, 0) is 32.2 Å². The molecule has 0 bridgehead atoms. The van der Waals surface area contributed by atoms with Gasteiger partial charge in [-0.15, -0.1) is 0 Å². The SMILES string of the molecule is O=C(NOC1CCCC1)c1noc(C2CCCN2)n1. The summed E-state index contributed by atoms with van der Waals surface area (Å²) in [7, 11) is 0. The Hall–Kier alpha value is -1.47. The Morgan fingerprint density at radius 1 is 1.32 bits per heavy atom. The van der Waals surface area contributed by atoms with Crippen molar-refractivity contribution in [1.82, 2.24) is 20.9 Å². The van der Waals surface area contributed by atoms with Gasteiger partial charge < -0.3 is 9.84 Å². The van der Waals surface area contributed by atoms with Gasteiger partial charge in [0.15, 0.2) is 0 Å². The molecule has 3 rings (SSSR count). The lowest BCUT2D eigenvalue weighted by Crippen LogP contribution is -2.29. The van der Waals surface area contributed by atoms with Crippen LogP contribution in [0.15, 0.2) is 4.52 Å². The van der Waals surface area contributed by atoms with E-state index in [4.69, 9.17) is 9.36 Å². The van der Waals surface area contributed by atoms with Crippen LogP contribution in [0.5, 0.6) is 0 Å². The molecule has 0 spiro atoms. The van der Waals surface area contributed by atoms with Crippen molar-refractivity contribution in [1.29, 1.82) is 0 Å². The summed E-state index contributed by atoms with van der Waals surface area (Å²) in [5.74, 6) is 0.0603. The summed E-state index contributed by atoms with van der Waals surface area (Å²) >= 11 is 0. The maximum atomic E-state index is 11.8. The molecule has 0 radical (unpaired) electrons. The van der Waals surface area contributed by atoms with Gasteiger partial charge in [0.1, 0.15) is 0 Å². The molecule has 1 saturated carbocycles. The standard InChI is InChI=1S/C12H18N4O3/c17-11(16-18-8-4-1-2-5-8)10-14-12(19-15-10)9-6-3-7-13-9/h8-9,13H,1-7H2,(H,16,17). The first-order valence-corrected chi connectivity index (χ1v) is 6.86. The predicted molar refractivity (Wildman–Crippen MR) is 65.1 cm³/mol. The smallest absolute Gasteiger partial charge is 0.316 e. The minimum Gasteiger partial charge on any atom is -0.337 e. The van der Waals surface area contributed by atoms with Crippen LogP contribution in [0.2, 0.25) is 0 Å². The monoisotopic (exact) mass is 266 g/mol. The molecule has 0 aromatic carbocycles. The Bertz CT molecular complexity index is 436. The average Bonchev–Trinajstić information content (AvgIpc) is 3.14. The fraction of sp³-hybridized carbons (Fsp3) is 0.750. The molecule has 1 unspecified atom stereocenters. The van der Waals surface area contributed by atoms with Gasteiger partial charge in [0.05, 0.1) is 12.1 Å². The van der Waals surface area contributed by atoms with Crippen molar-refractivity contribution in [3.8, 4) is 0 Å². The molecule has 7 nitrogen and oxygen atoms in total. The van der Waals surface area contributed by atoms with Crippen LogP contribution in [-0.2, 0) is 4.84 Å². The summed E-state index contributed by atoms with van der Waals surface area (Å²) in [6.07, 6.45) is 6.45. The van der Waals surface area contributed by atoms with Crippen LogP contribution in [-0.4, -0.2) is 28.7 Å². The molecule has 104 valence electrons. The van der Waals surface area contributed by atoms with Gasteiger partial charge in [0.25, 0.3) is 5.82 Å². The van der Waals surface area contributed by atoms with E-state index in [1.165, 1.54) is 0 Å². The van der Waals surface area contributed by atoms with Crippen molar-refractivity contribution in [3.05, 3.63) is 11.7 Å². The van der Waals surface area contributed by atoms with Crippen LogP contribution >= 0.6 is 0 Å². The van der Waals surface area contributed by atoms with Crippen LogP contribution < -0.4 is 10.8 Å². The van der Waals surface area contributed by atoms with Gasteiger partial charge in [0.2, 0.25) is 5.89 Å². The fourth-order valence-corrected chi connectivity index (χ4v) is 2.55. The zero-order valence-corrected chi connectivity index (χ0v) is 10.7. The van der Waals surface area contributed by atoms with Crippen molar-refractivity contribution in [2.24, 2.45) is 0 Å². The second-order valence-corrected chi connectivity index (χ2v) is 5.06. The third-order valence-electron chi connectivity index (χ3n) is 3.62. The summed E-state index contributed by atoms with van der Waals surface area (Å²) < 4.78 is 5.10. The molecule has 2 N–H and O–H groups in total. The molecule has 1 aliphatic carbocycles. The van der Waals surface area contributed by atoms with E-state index in [1.54, 1.807) is 0 Å². The zero-order chi connectivity index (χ0) is 13.1. The van der Waals surface area contributed by atoms with E-state index in [1.807, 2.05) is 0 Å². The summed E-state index contributed by atoms with van der Waals surface area (Å²) in [6.45, 7) is 0.944. The molecule has 7 heteroatoms. The molecule has 2 aliphatic rings. The number of nitrogens with one attached hydrogen (secondary N) is 2. The van der Waals surface area contributed by atoms with E-state index < -0.39 is 5.91 Å². The van der Waals surface area contributed by atoms with Crippen molar-refractivity contribution >= 4 is 5.91 Å². The number of amides is 1. The lowest BCUT2D eigenvalue weighted by Gasteiger charge is -2.09. The topological polar surface area (TPSA) is 89.3 Å². The Labute approximate surface area is 111 Å². The molecule has 1 aromatic rings. The van der Waals surface area contributed by atoms with Crippen LogP contribution in [0.3, 0.4) is 0 Å². The molecule has 1 amide bonds. The summed E-state index contributed by atoms with van der Waals surface area (Å²) in [4.78, 5) is 21.2. The first kappa shape index (κ1) is 12.6.